The number of nitrogens with two attached hydrogens (primary N) is 1. The monoisotopic (exact) mass is 571 g/mol. The first kappa shape index (κ1) is 30.8. The summed E-state index contributed by atoms with van der Waals surface area (Å²) in [7, 11) is 0. The van der Waals surface area contributed by atoms with E-state index in [2.05, 4.69) is 22.3 Å². The van der Waals surface area contributed by atoms with E-state index in [-0.39, 0.29) is 17.6 Å². The molecule has 1 heterocycles. The molecule has 0 saturated heterocycles. The number of halogens is 3. The van der Waals surface area contributed by atoms with Gasteiger partial charge in [-0.1, -0.05) is 67.9 Å². The van der Waals surface area contributed by atoms with E-state index < -0.39 is 0 Å². The molecule has 1 unspecified atom stereocenters. The summed E-state index contributed by atoms with van der Waals surface area (Å²) in [4.78, 5) is 4.55. The Kier molecular flexibility index (Phi) is 12.0. The fourth-order valence-electron chi connectivity index (χ4n) is 4.40. The zero-order chi connectivity index (χ0) is 28.4. The fraction of sp³-hybridized carbons (Fsp3) is 0.323. The smallest absolute Gasteiger partial charge is 0.169 e. The van der Waals surface area contributed by atoms with Crippen LogP contribution in [0.1, 0.15) is 54.9 Å². The molecule has 0 amide bonds. The van der Waals surface area contributed by atoms with E-state index in [1.54, 1.807) is 12.3 Å². The number of nitrogens with zero attached hydrogens (tertiary/aromatic N) is 1. The summed E-state index contributed by atoms with van der Waals surface area (Å²) in [6.07, 6.45) is 4.42. The maximum absolute atomic E-state index is 15.2. The Balaban J connectivity index is 0.00000100. The third-order valence-electron chi connectivity index (χ3n) is 6.51. The second-order valence-electron chi connectivity index (χ2n) is 9.18. The van der Waals surface area contributed by atoms with Crippen LogP contribution in [-0.2, 0) is 13.0 Å². The molecule has 1 saturated carbocycles. The lowest BCUT2D eigenvalue weighted by atomic mass is 10.0. The molecular weight excluding hydrogens is 536 g/mol. The van der Waals surface area contributed by atoms with Crippen molar-refractivity contribution in [3.8, 4) is 11.5 Å². The molecule has 3 aromatic carbocycles. The first-order valence-corrected chi connectivity index (χ1v) is 14.1. The van der Waals surface area contributed by atoms with Gasteiger partial charge in [0.2, 0.25) is 0 Å². The summed E-state index contributed by atoms with van der Waals surface area (Å²) >= 11 is 12.8. The molecule has 5 rings (SSSR count). The second kappa shape index (κ2) is 15.2. The largest absolute Gasteiger partial charge is 0.452 e. The lowest BCUT2D eigenvalue weighted by Gasteiger charge is -2.20. The molecule has 39 heavy (non-hydrogen) atoms. The normalized spacial score (nSPS) is 13.1. The molecule has 8 heteroatoms. The predicted octanol–water partition coefficient (Wildman–Crippen LogP) is 8.31. The Bertz CT molecular complexity index is 1370. The number of nitrogens with one attached hydrogen (secondary N) is 1. The average molecular weight is 573 g/mol. The molecule has 1 atom stereocenters. The first-order chi connectivity index (χ1) is 19.0. The van der Waals surface area contributed by atoms with Gasteiger partial charge in [0.25, 0.3) is 0 Å². The number of fused-ring (bicyclic) bond motifs is 1. The van der Waals surface area contributed by atoms with Gasteiger partial charge in [-0.2, -0.15) is 0 Å². The van der Waals surface area contributed by atoms with Gasteiger partial charge in [0, 0.05) is 34.4 Å². The van der Waals surface area contributed by atoms with Gasteiger partial charge >= 0.3 is 0 Å². The second-order valence-corrected chi connectivity index (χ2v) is 9.90. The highest BCUT2D eigenvalue weighted by Gasteiger charge is 2.28. The Morgan fingerprint density at radius 2 is 1.82 bits per heavy atom. The van der Waals surface area contributed by atoms with Crippen molar-refractivity contribution in [3.63, 3.8) is 0 Å². The molecular formula is C31H36Cl2FN3O2. The zero-order valence-electron chi connectivity index (χ0n) is 22.6. The minimum atomic E-state index is -0.283. The molecule has 1 aliphatic carbocycles. The average Bonchev–Trinajstić information content (AvgIpc) is 3.81. The number of pyridine rings is 1. The lowest BCUT2D eigenvalue weighted by molar-refractivity contribution is 0.311. The van der Waals surface area contributed by atoms with E-state index in [1.165, 1.54) is 0 Å². The molecule has 5 nitrogen and oxygen atoms in total. The molecule has 0 aliphatic heterocycles. The van der Waals surface area contributed by atoms with Gasteiger partial charge in [0.05, 0.1) is 11.7 Å². The quantitative estimate of drug-likeness (QED) is 0.139. The van der Waals surface area contributed by atoms with Crippen molar-refractivity contribution in [2.75, 3.05) is 5.88 Å². The molecule has 0 spiro atoms. The number of aryl methyl sites for hydroxylation is 1. The van der Waals surface area contributed by atoms with E-state index in [9.17, 15) is 0 Å². The van der Waals surface area contributed by atoms with Gasteiger partial charge < -0.3 is 15.3 Å². The van der Waals surface area contributed by atoms with E-state index in [0.29, 0.717) is 30.5 Å². The van der Waals surface area contributed by atoms with Crippen molar-refractivity contribution in [1.29, 1.82) is 0 Å². The molecule has 208 valence electrons. The fourth-order valence-corrected chi connectivity index (χ4v) is 4.93. The predicted molar refractivity (Wildman–Crippen MR) is 159 cm³/mol. The minimum absolute atomic E-state index is 0.00780. The van der Waals surface area contributed by atoms with Crippen molar-refractivity contribution >= 4 is 34.1 Å². The van der Waals surface area contributed by atoms with E-state index in [4.69, 9.17) is 33.1 Å². The standard InChI is InChI=1S/C29H27Cl2FN2O.C2H6.H3NO/c1-18-9-10-20(25(31)13-18)14-21(15-30)33-16-24-23-5-2-3-7-26(23)34-17-28(24)35-27-8-4-6-22(29(27)32)19-11-12-19;2*1-2/h2-10,13,17,19,21,33H,11-12,14-16H2,1H3;1-2H3;2H,1H2. The number of benzene rings is 3. The van der Waals surface area contributed by atoms with E-state index in [1.807, 2.05) is 69.3 Å². The molecule has 0 bridgehead atoms. The highest BCUT2D eigenvalue weighted by molar-refractivity contribution is 6.31. The van der Waals surface area contributed by atoms with Crippen LogP contribution in [0.2, 0.25) is 5.02 Å². The third kappa shape index (κ3) is 7.90. The SMILES string of the molecule is CC.Cc1ccc(CC(CCl)NCc2c(Oc3cccc(C4CC4)c3F)cnc3ccccc23)c(Cl)c1.NO. The third-order valence-corrected chi connectivity index (χ3v) is 7.23. The number of para-hydroxylation sites is 1. The number of hydrogen-bond donors (Lipinski definition) is 3. The highest BCUT2D eigenvalue weighted by atomic mass is 35.5. The summed E-state index contributed by atoms with van der Waals surface area (Å²) in [5, 5.41) is 11.8. The Morgan fingerprint density at radius 1 is 1.08 bits per heavy atom. The van der Waals surface area contributed by atoms with E-state index in [0.717, 1.165) is 51.0 Å². The van der Waals surface area contributed by atoms with Crippen LogP contribution in [0.15, 0.2) is 66.9 Å². The molecule has 1 aliphatic rings. The van der Waals surface area contributed by atoms with Crippen LogP contribution in [0.3, 0.4) is 0 Å². The number of rotatable bonds is 9. The van der Waals surface area contributed by atoms with Crippen molar-refractivity contribution in [1.82, 2.24) is 10.3 Å². The van der Waals surface area contributed by atoms with Crippen molar-refractivity contribution in [2.24, 2.45) is 5.90 Å². The highest BCUT2D eigenvalue weighted by Crippen LogP contribution is 2.43. The van der Waals surface area contributed by atoms with Crippen LogP contribution in [0.5, 0.6) is 11.5 Å². The molecule has 1 aromatic heterocycles. The molecule has 0 radical (unpaired) electrons. The van der Waals surface area contributed by atoms with E-state index >= 15 is 4.39 Å². The van der Waals surface area contributed by atoms with Gasteiger partial charge in [-0.25, -0.2) is 10.3 Å². The first-order valence-electron chi connectivity index (χ1n) is 13.2. The summed E-state index contributed by atoms with van der Waals surface area (Å²) in [5.41, 5.74) is 4.67. The summed E-state index contributed by atoms with van der Waals surface area (Å²) in [6.45, 7) is 6.51. The van der Waals surface area contributed by atoms with Gasteiger partial charge in [-0.05, 0) is 67.0 Å². The van der Waals surface area contributed by atoms with Crippen molar-refractivity contribution < 1.29 is 14.3 Å². The maximum Gasteiger partial charge on any atom is 0.169 e. The number of ether oxygens (including phenoxy) is 1. The van der Waals surface area contributed by atoms with Gasteiger partial charge in [0.1, 0.15) is 0 Å². The van der Waals surface area contributed by atoms with Crippen LogP contribution in [-0.4, -0.2) is 22.1 Å². The van der Waals surface area contributed by atoms with Crippen LogP contribution in [0.25, 0.3) is 10.9 Å². The van der Waals surface area contributed by atoms with Crippen molar-refractivity contribution in [2.45, 2.75) is 58.5 Å². The Morgan fingerprint density at radius 3 is 2.51 bits per heavy atom. The molecule has 1 fully saturated rings. The van der Waals surface area contributed by atoms with Gasteiger partial charge in [-0.15, -0.1) is 11.6 Å². The zero-order valence-corrected chi connectivity index (χ0v) is 24.1. The summed E-state index contributed by atoms with van der Waals surface area (Å²) in [6, 6.07) is 19.3. The van der Waals surface area contributed by atoms with Gasteiger partial charge in [0.15, 0.2) is 17.3 Å². The van der Waals surface area contributed by atoms with Crippen LogP contribution >= 0.6 is 23.2 Å². The minimum Gasteiger partial charge on any atom is -0.452 e. The van der Waals surface area contributed by atoms with Crippen LogP contribution in [0, 0.1) is 12.7 Å². The topological polar surface area (TPSA) is 80.4 Å². The number of alkyl halides is 1. The molecule has 4 aromatic rings. The summed E-state index contributed by atoms with van der Waals surface area (Å²) < 4.78 is 21.3. The lowest BCUT2D eigenvalue weighted by Crippen LogP contribution is -2.32. The Hall–Kier alpha value is -2.74. The number of aromatic nitrogens is 1. The maximum atomic E-state index is 15.2. The Labute approximate surface area is 240 Å². The van der Waals surface area contributed by atoms with Crippen LogP contribution < -0.4 is 16.0 Å². The van der Waals surface area contributed by atoms with Gasteiger partial charge in [-0.3, -0.25) is 4.98 Å². The molecule has 4 N–H and O–H groups in total. The number of hydrogen-bond acceptors (Lipinski definition) is 5. The summed E-state index contributed by atoms with van der Waals surface area (Å²) in [5.74, 6) is 4.70. The van der Waals surface area contributed by atoms with Crippen molar-refractivity contribution in [3.05, 3.63) is 100.0 Å². The van der Waals surface area contributed by atoms with Crippen LogP contribution in [0.4, 0.5) is 4.39 Å².